The summed E-state index contributed by atoms with van der Waals surface area (Å²) < 4.78 is 8.13. The van der Waals surface area contributed by atoms with Crippen LogP contribution in [0.3, 0.4) is 0 Å². The van der Waals surface area contributed by atoms with Crippen LogP contribution < -0.4 is 11.2 Å². The number of unbranched alkanes of at least 4 members (excludes halogenated alkanes) is 3. The van der Waals surface area contributed by atoms with Gasteiger partial charge in [-0.2, -0.15) is 9.97 Å². The van der Waals surface area contributed by atoms with Crippen molar-refractivity contribution in [3.05, 3.63) is 62.3 Å². The summed E-state index contributed by atoms with van der Waals surface area (Å²) in [4.78, 5) is 37.2. The Labute approximate surface area is 189 Å². The van der Waals surface area contributed by atoms with Gasteiger partial charge < -0.3 is 9.51 Å². The molecule has 4 aromatic rings. The highest BCUT2D eigenvalue weighted by Crippen LogP contribution is 2.16. The molecule has 9 nitrogen and oxygen atoms in total. The van der Waals surface area contributed by atoms with Gasteiger partial charge in [0.15, 0.2) is 11.2 Å². The Hall–Kier alpha value is -3.20. The van der Waals surface area contributed by atoms with E-state index >= 15 is 0 Å². The third kappa shape index (κ3) is 4.67. The minimum atomic E-state index is -0.403. The van der Waals surface area contributed by atoms with Gasteiger partial charge in [-0.05, 0) is 30.9 Å². The Morgan fingerprint density at radius 2 is 1.75 bits per heavy atom. The number of H-pyrrole nitrogens is 1. The van der Waals surface area contributed by atoms with Gasteiger partial charge in [0.05, 0.1) is 0 Å². The normalized spacial score (nSPS) is 11.4. The SMILES string of the molecule is CCCCCn1c(=O)n(CCCCc2nc(-c3ccccc3)no2)c(=O)c2[nH]c(Cl)nc21. The number of aromatic amines is 1. The average molecular weight is 457 g/mol. The first-order valence-corrected chi connectivity index (χ1v) is 11.2. The number of hydrogen-bond donors (Lipinski definition) is 1. The first-order chi connectivity index (χ1) is 15.6. The van der Waals surface area contributed by atoms with Crippen molar-refractivity contribution in [2.75, 3.05) is 0 Å². The molecule has 0 saturated heterocycles. The standard InChI is InChI=1S/C22H25ClN6O3/c1-2-3-8-13-28-19-17(25-21(23)26-19)20(30)29(22(28)31)14-9-7-12-16-24-18(27-32-16)15-10-5-4-6-11-15/h4-6,10-11H,2-3,7-9,12-14H2,1H3,(H,25,26). The van der Waals surface area contributed by atoms with Crippen LogP contribution in [0.5, 0.6) is 0 Å². The van der Waals surface area contributed by atoms with Gasteiger partial charge in [-0.25, -0.2) is 4.79 Å². The topological polar surface area (TPSA) is 112 Å². The highest BCUT2D eigenvalue weighted by Gasteiger charge is 2.17. The second-order valence-corrected chi connectivity index (χ2v) is 8.02. The predicted octanol–water partition coefficient (Wildman–Crippen LogP) is 3.80. The summed E-state index contributed by atoms with van der Waals surface area (Å²) in [6.07, 6.45) is 4.72. The highest BCUT2D eigenvalue weighted by atomic mass is 35.5. The maximum atomic E-state index is 13.0. The summed E-state index contributed by atoms with van der Waals surface area (Å²) in [6.45, 7) is 2.88. The van der Waals surface area contributed by atoms with Crippen LogP contribution in [-0.2, 0) is 19.5 Å². The molecule has 168 valence electrons. The van der Waals surface area contributed by atoms with Crippen LogP contribution >= 0.6 is 11.6 Å². The number of fused-ring (bicyclic) bond motifs is 1. The Kier molecular flexibility index (Phi) is 6.84. The van der Waals surface area contributed by atoms with E-state index < -0.39 is 5.56 Å². The van der Waals surface area contributed by atoms with Crippen LogP contribution in [-0.4, -0.2) is 29.2 Å². The van der Waals surface area contributed by atoms with Crippen molar-refractivity contribution in [2.24, 2.45) is 0 Å². The zero-order chi connectivity index (χ0) is 22.5. The average Bonchev–Trinajstić information content (AvgIpc) is 3.43. The van der Waals surface area contributed by atoms with E-state index in [2.05, 4.69) is 27.0 Å². The fourth-order valence-electron chi connectivity index (χ4n) is 3.66. The molecule has 0 bridgehead atoms. The van der Waals surface area contributed by atoms with Crippen molar-refractivity contribution in [1.29, 1.82) is 0 Å². The molecule has 4 rings (SSSR count). The van der Waals surface area contributed by atoms with Crippen LogP contribution in [0.2, 0.25) is 5.28 Å². The summed E-state index contributed by atoms with van der Waals surface area (Å²) in [7, 11) is 0. The molecule has 1 N–H and O–H groups in total. The molecule has 0 radical (unpaired) electrons. The fourth-order valence-corrected chi connectivity index (χ4v) is 3.84. The van der Waals surface area contributed by atoms with Gasteiger partial charge in [-0.15, -0.1) is 0 Å². The fraction of sp³-hybridized carbons (Fsp3) is 0.409. The molecule has 3 aromatic heterocycles. The summed E-state index contributed by atoms with van der Waals surface area (Å²) in [6, 6.07) is 9.61. The zero-order valence-electron chi connectivity index (χ0n) is 17.9. The number of imidazole rings is 1. The summed E-state index contributed by atoms with van der Waals surface area (Å²) in [5.41, 5.74) is 0.711. The van der Waals surface area contributed by atoms with Gasteiger partial charge in [0.25, 0.3) is 5.56 Å². The minimum Gasteiger partial charge on any atom is -0.339 e. The van der Waals surface area contributed by atoms with E-state index in [4.69, 9.17) is 16.1 Å². The number of aryl methyl sites for hydroxylation is 2. The molecule has 0 amide bonds. The Morgan fingerprint density at radius 1 is 1.00 bits per heavy atom. The molecular formula is C22H25ClN6O3. The van der Waals surface area contributed by atoms with Crippen LogP contribution in [0.15, 0.2) is 44.4 Å². The van der Waals surface area contributed by atoms with E-state index in [9.17, 15) is 9.59 Å². The molecule has 0 aliphatic heterocycles. The smallest absolute Gasteiger partial charge is 0.332 e. The lowest BCUT2D eigenvalue weighted by atomic mass is 10.2. The molecule has 0 spiro atoms. The third-order valence-electron chi connectivity index (χ3n) is 5.34. The van der Waals surface area contributed by atoms with E-state index in [0.29, 0.717) is 43.2 Å². The van der Waals surface area contributed by atoms with Crippen molar-refractivity contribution in [1.82, 2.24) is 29.2 Å². The molecule has 0 atom stereocenters. The molecule has 0 aliphatic carbocycles. The second kappa shape index (κ2) is 9.95. The first-order valence-electron chi connectivity index (χ1n) is 10.9. The monoisotopic (exact) mass is 456 g/mol. The van der Waals surface area contributed by atoms with Crippen LogP contribution in [0.1, 0.15) is 44.9 Å². The third-order valence-corrected chi connectivity index (χ3v) is 5.52. The van der Waals surface area contributed by atoms with Crippen LogP contribution in [0.4, 0.5) is 0 Å². The summed E-state index contributed by atoms with van der Waals surface area (Å²) in [5, 5.41) is 4.12. The van der Waals surface area contributed by atoms with Crippen molar-refractivity contribution in [3.8, 4) is 11.4 Å². The van der Waals surface area contributed by atoms with Crippen molar-refractivity contribution in [3.63, 3.8) is 0 Å². The lowest BCUT2D eigenvalue weighted by molar-refractivity contribution is 0.372. The van der Waals surface area contributed by atoms with Gasteiger partial charge >= 0.3 is 5.69 Å². The number of aromatic nitrogens is 6. The molecule has 0 saturated carbocycles. The number of nitrogens with zero attached hydrogens (tertiary/aromatic N) is 5. The van der Waals surface area contributed by atoms with E-state index in [1.807, 2.05) is 30.3 Å². The predicted molar refractivity (Wildman–Crippen MR) is 122 cm³/mol. The molecule has 1 aromatic carbocycles. The number of benzene rings is 1. The van der Waals surface area contributed by atoms with E-state index in [1.165, 1.54) is 4.57 Å². The van der Waals surface area contributed by atoms with Crippen molar-refractivity contribution < 1.29 is 4.52 Å². The Morgan fingerprint density at radius 3 is 2.53 bits per heavy atom. The largest absolute Gasteiger partial charge is 0.339 e. The Bertz CT molecular complexity index is 1300. The molecule has 0 aliphatic rings. The maximum absolute atomic E-state index is 13.0. The lowest BCUT2D eigenvalue weighted by Gasteiger charge is -2.11. The number of rotatable bonds is 10. The molecule has 0 fully saturated rings. The van der Waals surface area contributed by atoms with Gasteiger partial charge in [0.1, 0.15) is 0 Å². The molecule has 32 heavy (non-hydrogen) atoms. The van der Waals surface area contributed by atoms with E-state index in [1.54, 1.807) is 4.57 Å². The van der Waals surface area contributed by atoms with Gasteiger partial charge in [0, 0.05) is 25.1 Å². The highest BCUT2D eigenvalue weighted by molar-refractivity contribution is 6.28. The molecule has 0 unspecified atom stereocenters. The first kappa shape index (κ1) is 22.0. The van der Waals surface area contributed by atoms with Gasteiger partial charge in [-0.1, -0.05) is 55.3 Å². The lowest BCUT2D eigenvalue weighted by Crippen LogP contribution is -2.40. The second-order valence-electron chi connectivity index (χ2n) is 7.66. The van der Waals surface area contributed by atoms with E-state index in [0.717, 1.165) is 24.8 Å². The number of hydrogen-bond acceptors (Lipinski definition) is 6. The molecule has 3 heterocycles. The van der Waals surface area contributed by atoms with E-state index in [-0.39, 0.29) is 23.0 Å². The van der Waals surface area contributed by atoms with Crippen molar-refractivity contribution >= 4 is 22.8 Å². The van der Waals surface area contributed by atoms with Crippen molar-refractivity contribution in [2.45, 2.75) is 58.5 Å². The summed E-state index contributed by atoms with van der Waals surface area (Å²) in [5.74, 6) is 1.08. The number of nitrogens with one attached hydrogen (secondary N) is 1. The van der Waals surface area contributed by atoms with Gasteiger partial charge in [-0.3, -0.25) is 13.9 Å². The minimum absolute atomic E-state index is 0.101. The number of halogens is 1. The quantitative estimate of drug-likeness (QED) is 0.287. The maximum Gasteiger partial charge on any atom is 0.332 e. The Balaban J connectivity index is 1.46. The van der Waals surface area contributed by atoms with Crippen LogP contribution in [0.25, 0.3) is 22.6 Å². The zero-order valence-corrected chi connectivity index (χ0v) is 18.6. The molecule has 10 heteroatoms. The van der Waals surface area contributed by atoms with Crippen LogP contribution in [0, 0.1) is 0 Å². The van der Waals surface area contributed by atoms with Gasteiger partial charge in [0.2, 0.25) is 17.0 Å². The summed E-state index contributed by atoms with van der Waals surface area (Å²) >= 11 is 5.98. The molecular weight excluding hydrogens is 432 g/mol.